The predicted octanol–water partition coefficient (Wildman–Crippen LogP) is 3.21. The zero-order valence-corrected chi connectivity index (χ0v) is 8.78. The van der Waals surface area contributed by atoms with E-state index in [0.29, 0.717) is 11.2 Å². The maximum Gasteiger partial charge on any atom is 0.0810 e. The lowest BCUT2D eigenvalue weighted by Crippen LogP contribution is -2.22. The highest BCUT2D eigenvalue weighted by molar-refractivity contribution is 8.00. The van der Waals surface area contributed by atoms with Gasteiger partial charge >= 0.3 is 0 Å². The van der Waals surface area contributed by atoms with Gasteiger partial charge in [0.15, 0.2) is 0 Å². The Morgan fingerprint density at radius 2 is 2.00 bits per heavy atom. The van der Waals surface area contributed by atoms with Gasteiger partial charge in [-0.1, -0.05) is 13.8 Å². The van der Waals surface area contributed by atoms with E-state index >= 15 is 0 Å². The van der Waals surface area contributed by atoms with Gasteiger partial charge in [-0.05, 0) is 31.1 Å². The quantitative estimate of drug-likeness (QED) is 0.656. The first-order valence-corrected chi connectivity index (χ1v) is 5.67. The average molecular weight is 183 g/mol. The van der Waals surface area contributed by atoms with Gasteiger partial charge in [-0.15, -0.1) is 11.8 Å². The third-order valence-electron chi connectivity index (χ3n) is 2.67. The molecule has 1 fully saturated rings. The van der Waals surface area contributed by atoms with Crippen molar-refractivity contribution in [1.29, 1.82) is 5.26 Å². The average Bonchev–Trinajstić information content (AvgIpc) is 2.03. The van der Waals surface area contributed by atoms with Crippen molar-refractivity contribution in [2.45, 2.75) is 44.8 Å². The number of thioether (sulfide) groups is 1. The van der Waals surface area contributed by atoms with Gasteiger partial charge in [0, 0.05) is 5.25 Å². The summed E-state index contributed by atoms with van der Waals surface area (Å²) >= 11 is 1.84. The molecule has 0 N–H and O–H groups in total. The van der Waals surface area contributed by atoms with Crippen LogP contribution in [-0.2, 0) is 0 Å². The van der Waals surface area contributed by atoms with Gasteiger partial charge < -0.3 is 0 Å². The molecular formula is C10H17NS. The summed E-state index contributed by atoms with van der Waals surface area (Å²) < 4.78 is 0. The first-order valence-electron chi connectivity index (χ1n) is 4.63. The molecule has 12 heavy (non-hydrogen) atoms. The SMILES string of the molecule is CC1(C)CCC(SCC#N)CC1. The van der Waals surface area contributed by atoms with Crippen LogP contribution in [0.15, 0.2) is 0 Å². The molecule has 1 rings (SSSR count). The second-order valence-corrected chi connectivity index (χ2v) is 5.62. The molecule has 1 saturated carbocycles. The number of hydrogen-bond acceptors (Lipinski definition) is 2. The molecule has 0 radical (unpaired) electrons. The van der Waals surface area contributed by atoms with Crippen LogP contribution in [0.1, 0.15) is 39.5 Å². The normalized spacial score (nSPS) is 23.4. The van der Waals surface area contributed by atoms with Gasteiger partial charge in [0.1, 0.15) is 0 Å². The maximum absolute atomic E-state index is 8.43. The smallest absolute Gasteiger partial charge is 0.0810 e. The van der Waals surface area contributed by atoms with E-state index in [2.05, 4.69) is 19.9 Å². The van der Waals surface area contributed by atoms with Crippen molar-refractivity contribution in [3.63, 3.8) is 0 Å². The number of nitriles is 1. The highest BCUT2D eigenvalue weighted by atomic mass is 32.2. The van der Waals surface area contributed by atoms with Crippen LogP contribution in [0.2, 0.25) is 0 Å². The van der Waals surface area contributed by atoms with Crippen LogP contribution in [0.3, 0.4) is 0 Å². The van der Waals surface area contributed by atoms with E-state index in [0.717, 1.165) is 5.25 Å². The lowest BCUT2D eigenvalue weighted by atomic mass is 9.77. The van der Waals surface area contributed by atoms with E-state index in [9.17, 15) is 0 Å². The molecule has 0 amide bonds. The summed E-state index contributed by atoms with van der Waals surface area (Å²) in [7, 11) is 0. The molecule has 0 aromatic rings. The second-order valence-electron chi connectivity index (χ2n) is 4.33. The molecule has 0 bridgehead atoms. The van der Waals surface area contributed by atoms with E-state index in [-0.39, 0.29) is 0 Å². The van der Waals surface area contributed by atoms with Gasteiger partial charge in [0.05, 0.1) is 11.8 Å². The summed E-state index contributed by atoms with van der Waals surface area (Å²) in [6, 6.07) is 2.20. The molecule has 0 unspecified atom stereocenters. The molecule has 1 aliphatic carbocycles. The molecule has 1 aliphatic rings. The number of nitrogens with zero attached hydrogens (tertiary/aromatic N) is 1. The Labute approximate surface area is 79.5 Å². The summed E-state index contributed by atoms with van der Waals surface area (Å²) in [5, 5.41) is 9.19. The zero-order valence-electron chi connectivity index (χ0n) is 7.97. The highest BCUT2D eigenvalue weighted by Crippen LogP contribution is 2.39. The van der Waals surface area contributed by atoms with Crippen molar-refractivity contribution >= 4 is 11.8 Å². The molecule has 1 nitrogen and oxygen atoms in total. The van der Waals surface area contributed by atoms with Gasteiger partial charge in [-0.25, -0.2) is 0 Å². The van der Waals surface area contributed by atoms with Crippen molar-refractivity contribution in [2.75, 3.05) is 5.75 Å². The van der Waals surface area contributed by atoms with E-state index in [4.69, 9.17) is 5.26 Å². The largest absolute Gasteiger partial charge is 0.197 e. The van der Waals surface area contributed by atoms with Crippen LogP contribution >= 0.6 is 11.8 Å². The van der Waals surface area contributed by atoms with Crippen LogP contribution in [0.4, 0.5) is 0 Å². The number of rotatable bonds is 2. The molecule has 68 valence electrons. The first kappa shape index (κ1) is 9.92. The van der Waals surface area contributed by atoms with Crippen LogP contribution in [0.5, 0.6) is 0 Å². The van der Waals surface area contributed by atoms with Gasteiger partial charge in [0.2, 0.25) is 0 Å². The van der Waals surface area contributed by atoms with Gasteiger partial charge in [0.25, 0.3) is 0 Å². The molecule has 0 atom stereocenters. The predicted molar refractivity (Wildman–Crippen MR) is 54.1 cm³/mol. The van der Waals surface area contributed by atoms with Gasteiger partial charge in [-0.2, -0.15) is 5.26 Å². The number of hydrogen-bond donors (Lipinski definition) is 0. The van der Waals surface area contributed by atoms with Crippen molar-refractivity contribution < 1.29 is 0 Å². The van der Waals surface area contributed by atoms with Crippen LogP contribution in [0.25, 0.3) is 0 Å². The fourth-order valence-corrected chi connectivity index (χ4v) is 2.57. The summed E-state index contributed by atoms with van der Waals surface area (Å²) in [4.78, 5) is 0. The van der Waals surface area contributed by atoms with Crippen molar-refractivity contribution in [3.8, 4) is 6.07 Å². The lowest BCUT2D eigenvalue weighted by molar-refractivity contribution is 0.249. The highest BCUT2D eigenvalue weighted by Gasteiger charge is 2.26. The molecule has 0 aromatic carbocycles. The molecule has 0 heterocycles. The Balaban J connectivity index is 2.23. The monoisotopic (exact) mass is 183 g/mol. The van der Waals surface area contributed by atoms with Crippen molar-refractivity contribution in [1.82, 2.24) is 0 Å². The molecule has 0 spiro atoms. The van der Waals surface area contributed by atoms with E-state index in [1.54, 1.807) is 0 Å². The minimum atomic E-state index is 0.559. The summed E-state index contributed by atoms with van der Waals surface area (Å²) in [5.74, 6) is 0.672. The molecule has 0 aromatic heterocycles. The third-order valence-corrected chi connectivity index (χ3v) is 3.91. The first-order chi connectivity index (χ1) is 5.64. The Morgan fingerprint density at radius 3 is 2.50 bits per heavy atom. The Morgan fingerprint density at radius 1 is 1.42 bits per heavy atom. The minimum absolute atomic E-state index is 0.559. The Bertz CT molecular complexity index is 171. The van der Waals surface area contributed by atoms with Crippen LogP contribution in [-0.4, -0.2) is 11.0 Å². The Kier molecular flexibility index (Phi) is 3.46. The van der Waals surface area contributed by atoms with Crippen LogP contribution < -0.4 is 0 Å². The maximum atomic E-state index is 8.43. The fraction of sp³-hybridized carbons (Fsp3) is 0.900. The second kappa shape index (κ2) is 4.18. The van der Waals surface area contributed by atoms with E-state index in [1.165, 1.54) is 25.7 Å². The molecular weight excluding hydrogens is 166 g/mol. The fourth-order valence-electron chi connectivity index (χ4n) is 1.69. The van der Waals surface area contributed by atoms with E-state index in [1.807, 2.05) is 11.8 Å². The molecule has 2 heteroatoms. The van der Waals surface area contributed by atoms with Gasteiger partial charge in [-0.3, -0.25) is 0 Å². The lowest BCUT2D eigenvalue weighted by Gasteiger charge is -2.33. The summed E-state index contributed by atoms with van der Waals surface area (Å²) in [5.41, 5.74) is 0.559. The standard InChI is InChI=1S/C10H17NS/c1-10(2)5-3-9(4-6-10)12-8-7-11/h9H,3-6,8H2,1-2H3. The minimum Gasteiger partial charge on any atom is -0.197 e. The summed E-state index contributed by atoms with van der Waals surface area (Å²) in [6.45, 7) is 4.69. The molecule has 0 saturated heterocycles. The third kappa shape index (κ3) is 3.06. The topological polar surface area (TPSA) is 23.8 Å². The zero-order chi connectivity index (χ0) is 9.03. The van der Waals surface area contributed by atoms with Crippen molar-refractivity contribution in [2.24, 2.45) is 5.41 Å². The molecule has 0 aliphatic heterocycles. The van der Waals surface area contributed by atoms with Crippen molar-refractivity contribution in [3.05, 3.63) is 0 Å². The van der Waals surface area contributed by atoms with E-state index < -0.39 is 0 Å². The summed E-state index contributed by atoms with van der Waals surface area (Å²) in [6.07, 6.45) is 5.27. The van der Waals surface area contributed by atoms with Crippen LogP contribution in [0, 0.1) is 16.7 Å². The Hall–Kier alpha value is -0.160.